The van der Waals surface area contributed by atoms with E-state index < -0.39 is 27.8 Å². The first-order valence-electron chi connectivity index (χ1n) is 10.3. The number of unbranched alkanes of at least 4 members (excludes halogenated alkanes) is 10. The Morgan fingerprint density at radius 1 is 0.667 bits per heavy atom. The summed E-state index contributed by atoms with van der Waals surface area (Å²) in [5.41, 5.74) is -0.613. The SMILES string of the molecule is CCCCCCCCCCCC/C(C(=O)[O-])=C(\CCCCS(=O)(=O)O)C(=O)[O-].[Na+].[Na+]. The molecular formula is C20H34Na2O7S. The quantitative estimate of drug-likeness (QED) is 0.0950. The minimum absolute atomic E-state index is 0. The Bertz CT molecular complexity index is 604. The van der Waals surface area contributed by atoms with Gasteiger partial charge in [0, 0.05) is 0 Å². The minimum Gasteiger partial charge on any atom is -0.545 e. The maximum absolute atomic E-state index is 11.3. The summed E-state index contributed by atoms with van der Waals surface area (Å²) in [5, 5.41) is 22.6. The number of carbonyl (C=O) groups is 2. The molecule has 0 bridgehead atoms. The average Bonchev–Trinajstić information content (AvgIpc) is 2.59. The maximum Gasteiger partial charge on any atom is 1.00 e. The number of rotatable bonds is 18. The van der Waals surface area contributed by atoms with Gasteiger partial charge in [0.2, 0.25) is 0 Å². The Morgan fingerprint density at radius 3 is 1.33 bits per heavy atom. The molecule has 0 fully saturated rings. The summed E-state index contributed by atoms with van der Waals surface area (Å²) in [6.07, 6.45) is 10.9. The predicted molar refractivity (Wildman–Crippen MR) is 104 cm³/mol. The van der Waals surface area contributed by atoms with E-state index in [-0.39, 0.29) is 95.9 Å². The molecule has 0 unspecified atom stereocenters. The Kier molecular flexibility index (Phi) is 25.1. The number of hydrogen-bond donors (Lipinski definition) is 1. The van der Waals surface area contributed by atoms with Gasteiger partial charge in [-0.1, -0.05) is 64.7 Å². The monoisotopic (exact) mass is 464 g/mol. The van der Waals surface area contributed by atoms with Gasteiger partial charge in [-0.3, -0.25) is 4.55 Å². The van der Waals surface area contributed by atoms with Gasteiger partial charge < -0.3 is 19.8 Å². The first-order chi connectivity index (χ1) is 13.2. The fourth-order valence-corrected chi connectivity index (χ4v) is 3.70. The molecule has 0 amide bonds. The van der Waals surface area contributed by atoms with Crippen LogP contribution < -0.4 is 69.3 Å². The van der Waals surface area contributed by atoms with E-state index in [9.17, 15) is 28.2 Å². The van der Waals surface area contributed by atoms with Gasteiger partial charge in [-0.05, 0) is 43.3 Å². The standard InChI is InChI=1S/C20H36O7S.2Na/c1-2-3-4-5-6-7-8-9-10-11-14-17(19(21)22)18(20(23)24)15-12-13-16-28(25,26)27;;/h2-16H2,1H3,(H,21,22)(H,23,24)(H,25,26,27);;/q;2*+1/p-2/b18-17-;;. The summed E-state index contributed by atoms with van der Waals surface area (Å²) in [4.78, 5) is 22.6. The number of carboxylic acid groups (broad SMARTS) is 2. The Balaban J connectivity index is -0.00000364. The van der Waals surface area contributed by atoms with Gasteiger partial charge in [0.15, 0.2) is 0 Å². The molecule has 0 spiro atoms. The zero-order valence-electron chi connectivity index (χ0n) is 18.9. The van der Waals surface area contributed by atoms with Crippen molar-refractivity contribution in [1.29, 1.82) is 0 Å². The molecule has 0 heterocycles. The van der Waals surface area contributed by atoms with Crippen molar-refractivity contribution in [3.63, 3.8) is 0 Å². The predicted octanol–water partition coefficient (Wildman–Crippen LogP) is -3.84. The number of aliphatic carboxylic acids is 2. The van der Waals surface area contributed by atoms with Gasteiger partial charge in [0.25, 0.3) is 10.1 Å². The third kappa shape index (κ3) is 20.5. The van der Waals surface area contributed by atoms with Gasteiger partial charge in [-0.2, -0.15) is 8.42 Å². The summed E-state index contributed by atoms with van der Waals surface area (Å²) in [5.74, 6) is -3.59. The molecule has 0 rings (SSSR count). The second kappa shape index (κ2) is 21.4. The van der Waals surface area contributed by atoms with Crippen LogP contribution in [-0.4, -0.2) is 30.7 Å². The van der Waals surface area contributed by atoms with E-state index in [1.54, 1.807) is 0 Å². The molecule has 0 saturated heterocycles. The van der Waals surface area contributed by atoms with E-state index in [1.165, 1.54) is 32.1 Å². The van der Waals surface area contributed by atoms with Crippen LogP contribution in [0.5, 0.6) is 0 Å². The number of carbonyl (C=O) groups excluding carboxylic acids is 2. The normalized spacial score (nSPS) is 11.8. The van der Waals surface area contributed by atoms with E-state index in [0.29, 0.717) is 6.42 Å². The molecule has 1 N–H and O–H groups in total. The molecule has 0 aliphatic heterocycles. The van der Waals surface area contributed by atoms with Crippen molar-refractivity contribution in [3.8, 4) is 0 Å². The summed E-state index contributed by atoms with van der Waals surface area (Å²) in [6.45, 7) is 2.18. The maximum atomic E-state index is 11.3. The molecule has 0 saturated carbocycles. The molecule has 0 aromatic rings. The summed E-state index contributed by atoms with van der Waals surface area (Å²) >= 11 is 0. The molecule has 0 aliphatic carbocycles. The van der Waals surface area contributed by atoms with E-state index >= 15 is 0 Å². The largest absolute Gasteiger partial charge is 1.00 e. The fraction of sp³-hybridized carbons (Fsp3) is 0.800. The van der Waals surface area contributed by atoms with Crippen molar-refractivity contribution < 1.29 is 91.9 Å². The van der Waals surface area contributed by atoms with Gasteiger partial charge in [0.05, 0.1) is 17.7 Å². The van der Waals surface area contributed by atoms with Crippen molar-refractivity contribution in [2.75, 3.05) is 5.75 Å². The van der Waals surface area contributed by atoms with Crippen LogP contribution in [0.3, 0.4) is 0 Å². The molecule has 10 heteroatoms. The van der Waals surface area contributed by atoms with E-state index in [0.717, 1.165) is 25.7 Å². The zero-order chi connectivity index (χ0) is 21.4. The topological polar surface area (TPSA) is 135 Å². The van der Waals surface area contributed by atoms with Crippen molar-refractivity contribution in [2.45, 2.75) is 96.8 Å². The van der Waals surface area contributed by atoms with Gasteiger partial charge in [-0.15, -0.1) is 0 Å². The molecule has 0 aromatic carbocycles. The van der Waals surface area contributed by atoms with Crippen LogP contribution in [0, 0.1) is 0 Å². The molecule has 0 atom stereocenters. The van der Waals surface area contributed by atoms with Crippen LogP contribution in [0.4, 0.5) is 0 Å². The number of carboxylic acids is 2. The van der Waals surface area contributed by atoms with Crippen LogP contribution in [0.15, 0.2) is 11.1 Å². The second-order valence-corrected chi connectivity index (χ2v) is 8.78. The molecular weight excluding hydrogens is 430 g/mol. The van der Waals surface area contributed by atoms with Crippen molar-refractivity contribution in [1.82, 2.24) is 0 Å². The molecule has 0 aromatic heterocycles. The second-order valence-electron chi connectivity index (χ2n) is 7.21. The third-order valence-electron chi connectivity index (χ3n) is 4.72. The fourth-order valence-electron chi connectivity index (χ4n) is 3.13. The summed E-state index contributed by atoms with van der Waals surface area (Å²) in [7, 11) is -4.12. The van der Waals surface area contributed by atoms with Crippen LogP contribution in [0.1, 0.15) is 96.8 Å². The van der Waals surface area contributed by atoms with Gasteiger partial charge >= 0.3 is 59.1 Å². The Morgan fingerprint density at radius 2 is 1.00 bits per heavy atom. The van der Waals surface area contributed by atoms with Crippen LogP contribution in [0.2, 0.25) is 0 Å². The molecule has 7 nitrogen and oxygen atoms in total. The first-order valence-corrected chi connectivity index (χ1v) is 11.9. The van der Waals surface area contributed by atoms with E-state index in [4.69, 9.17) is 4.55 Å². The smallest absolute Gasteiger partial charge is 0.545 e. The van der Waals surface area contributed by atoms with Crippen LogP contribution >= 0.6 is 0 Å². The molecule has 30 heavy (non-hydrogen) atoms. The van der Waals surface area contributed by atoms with Crippen molar-refractivity contribution >= 4 is 22.1 Å². The third-order valence-corrected chi connectivity index (χ3v) is 5.52. The van der Waals surface area contributed by atoms with Crippen LogP contribution in [0.25, 0.3) is 0 Å². The van der Waals surface area contributed by atoms with Gasteiger partial charge in [0.1, 0.15) is 0 Å². The van der Waals surface area contributed by atoms with Crippen molar-refractivity contribution in [3.05, 3.63) is 11.1 Å². The van der Waals surface area contributed by atoms with Crippen LogP contribution in [-0.2, 0) is 19.7 Å². The Labute approximate surface area is 225 Å². The molecule has 164 valence electrons. The van der Waals surface area contributed by atoms with Crippen molar-refractivity contribution in [2.24, 2.45) is 0 Å². The average molecular weight is 465 g/mol. The number of hydrogen-bond acceptors (Lipinski definition) is 6. The zero-order valence-corrected chi connectivity index (χ0v) is 23.7. The van der Waals surface area contributed by atoms with E-state index in [1.807, 2.05) is 0 Å². The van der Waals surface area contributed by atoms with Gasteiger partial charge in [-0.25, -0.2) is 0 Å². The summed E-state index contributed by atoms with van der Waals surface area (Å²) in [6, 6.07) is 0. The minimum atomic E-state index is -4.12. The first kappa shape index (κ1) is 35.2. The molecule has 0 radical (unpaired) electrons. The van der Waals surface area contributed by atoms with E-state index in [2.05, 4.69) is 6.92 Å². The Hall–Kier alpha value is 0.590. The summed E-state index contributed by atoms with van der Waals surface area (Å²) < 4.78 is 30.0. The molecule has 0 aliphatic rings.